The highest BCUT2D eigenvalue weighted by atomic mass is 16.3. The summed E-state index contributed by atoms with van der Waals surface area (Å²) >= 11 is 0. The van der Waals surface area contributed by atoms with Crippen molar-refractivity contribution < 1.29 is 5.11 Å². The number of rotatable bonds is 5. The van der Waals surface area contributed by atoms with Crippen LogP contribution in [-0.4, -0.2) is 41.8 Å². The maximum atomic E-state index is 11.4. The van der Waals surface area contributed by atoms with E-state index < -0.39 is 5.69 Å². The first-order valence-electron chi connectivity index (χ1n) is 9.29. The third-order valence-electron chi connectivity index (χ3n) is 5.08. The van der Waals surface area contributed by atoms with E-state index in [1.807, 2.05) is 6.07 Å². The molecule has 2 fully saturated rings. The van der Waals surface area contributed by atoms with Gasteiger partial charge in [0, 0.05) is 17.3 Å². The van der Waals surface area contributed by atoms with Crippen molar-refractivity contribution in [1.82, 2.24) is 24.6 Å². The molecule has 3 heterocycles. The van der Waals surface area contributed by atoms with Crippen LogP contribution in [0.3, 0.4) is 0 Å². The average molecular weight is 367 g/mol. The van der Waals surface area contributed by atoms with Crippen molar-refractivity contribution in [3.63, 3.8) is 0 Å². The molecule has 0 bridgehead atoms. The van der Waals surface area contributed by atoms with Crippen LogP contribution in [0, 0.1) is 5.92 Å². The highest BCUT2D eigenvalue weighted by Crippen LogP contribution is 2.33. The summed E-state index contributed by atoms with van der Waals surface area (Å²) in [7, 11) is 0. The predicted molar refractivity (Wildman–Crippen MR) is 99.2 cm³/mol. The van der Waals surface area contributed by atoms with Crippen molar-refractivity contribution in [3.8, 4) is 5.88 Å². The molecule has 0 saturated heterocycles. The highest BCUT2D eigenvalue weighted by Gasteiger charge is 2.28. The Morgan fingerprint density at radius 1 is 1.37 bits per heavy atom. The molecule has 140 valence electrons. The fraction of sp³-hybridized carbons (Fsp3) is 0.444. The van der Waals surface area contributed by atoms with Crippen LogP contribution in [0.25, 0.3) is 11.7 Å². The van der Waals surface area contributed by atoms with Crippen molar-refractivity contribution in [2.24, 2.45) is 10.9 Å². The lowest BCUT2D eigenvalue weighted by molar-refractivity contribution is 0.454. The highest BCUT2D eigenvalue weighted by molar-refractivity contribution is 5.58. The van der Waals surface area contributed by atoms with E-state index in [2.05, 4.69) is 27.3 Å². The maximum Gasteiger partial charge on any atom is 0.326 e. The van der Waals surface area contributed by atoms with E-state index in [0.29, 0.717) is 34.6 Å². The Bertz CT molecular complexity index is 1180. The van der Waals surface area contributed by atoms with Gasteiger partial charge in [-0.1, -0.05) is 0 Å². The lowest BCUT2D eigenvalue weighted by Gasteiger charge is -2.13. The lowest BCUT2D eigenvalue weighted by atomic mass is 10.2. The quantitative estimate of drug-likeness (QED) is 0.515. The van der Waals surface area contributed by atoms with E-state index in [1.54, 1.807) is 16.8 Å². The Morgan fingerprint density at radius 2 is 2.19 bits per heavy atom. The molecule has 9 nitrogen and oxygen atoms in total. The van der Waals surface area contributed by atoms with Gasteiger partial charge in [0.1, 0.15) is 11.5 Å². The molecule has 0 aromatic carbocycles. The van der Waals surface area contributed by atoms with Crippen LogP contribution in [-0.2, 0) is 0 Å². The average Bonchev–Trinajstić information content (AvgIpc) is 3.53. The maximum absolute atomic E-state index is 11.4. The molecule has 3 aromatic heterocycles. The minimum atomic E-state index is -0.465. The number of hydrogen-bond donors (Lipinski definition) is 4. The molecule has 2 saturated carbocycles. The number of anilines is 1. The zero-order chi connectivity index (χ0) is 18.5. The third kappa shape index (κ3) is 3.20. The van der Waals surface area contributed by atoms with Crippen LogP contribution in [0.1, 0.15) is 38.3 Å². The fourth-order valence-electron chi connectivity index (χ4n) is 3.22. The van der Waals surface area contributed by atoms with E-state index in [-0.39, 0.29) is 5.88 Å². The summed E-state index contributed by atoms with van der Waals surface area (Å²) in [4.78, 5) is 25.7. The minimum absolute atomic E-state index is 0.209. The summed E-state index contributed by atoms with van der Waals surface area (Å²) in [6.45, 7) is 2.17. The number of aromatic amines is 2. The molecule has 9 heteroatoms. The summed E-state index contributed by atoms with van der Waals surface area (Å²) in [6.07, 6.45) is 8.02. The normalized spacial score (nSPS) is 19.7. The molecule has 0 amide bonds. The Balaban J connectivity index is 1.66. The van der Waals surface area contributed by atoms with Gasteiger partial charge in [0.05, 0.1) is 12.2 Å². The Labute approximate surface area is 153 Å². The van der Waals surface area contributed by atoms with Crippen LogP contribution in [0.2, 0.25) is 0 Å². The number of fused-ring (bicyclic) bond motifs is 1. The van der Waals surface area contributed by atoms with Gasteiger partial charge in [-0.15, -0.1) is 0 Å². The first-order valence-corrected chi connectivity index (χ1v) is 9.29. The van der Waals surface area contributed by atoms with Crippen LogP contribution < -0.4 is 21.7 Å². The van der Waals surface area contributed by atoms with Gasteiger partial charge >= 0.3 is 5.69 Å². The Morgan fingerprint density at radius 3 is 2.85 bits per heavy atom. The smallest absolute Gasteiger partial charge is 0.326 e. The Kier molecular flexibility index (Phi) is 3.56. The van der Waals surface area contributed by atoms with E-state index in [9.17, 15) is 9.90 Å². The van der Waals surface area contributed by atoms with Gasteiger partial charge in [0.2, 0.25) is 5.88 Å². The second kappa shape index (κ2) is 5.97. The summed E-state index contributed by atoms with van der Waals surface area (Å²) in [5, 5.41) is 18.4. The van der Waals surface area contributed by atoms with Crippen molar-refractivity contribution >= 4 is 17.5 Å². The van der Waals surface area contributed by atoms with Crippen LogP contribution >= 0.6 is 0 Å². The van der Waals surface area contributed by atoms with Crippen molar-refractivity contribution in [2.45, 2.75) is 44.7 Å². The number of nitrogens with one attached hydrogen (secondary N) is 3. The molecule has 4 N–H and O–H groups in total. The lowest BCUT2D eigenvalue weighted by Crippen LogP contribution is -2.24. The first-order chi connectivity index (χ1) is 13.1. The zero-order valence-electron chi connectivity index (χ0n) is 14.9. The van der Waals surface area contributed by atoms with E-state index in [0.717, 1.165) is 24.1 Å². The molecule has 3 aromatic rings. The second-order valence-corrected chi connectivity index (χ2v) is 7.45. The second-order valence-electron chi connectivity index (χ2n) is 7.45. The molecular weight excluding hydrogens is 346 g/mol. The number of aromatic hydroxyl groups is 1. The van der Waals surface area contributed by atoms with Crippen molar-refractivity contribution in [1.29, 1.82) is 0 Å². The van der Waals surface area contributed by atoms with Crippen LogP contribution in [0.5, 0.6) is 5.88 Å². The van der Waals surface area contributed by atoms with Crippen LogP contribution in [0.15, 0.2) is 22.1 Å². The number of hydrogen-bond acceptors (Lipinski definition) is 6. The molecular formula is C18H21N7O2. The molecule has 0 aliphatic heterocycles. The standard InChI is InChI=1S/C18H21N7O2/c1-9(10-2-3-10)20-14-7-15(21-12-4-5-12)25-16(23-14)11(8-19-25)6-13-17(26)24-18(27)22-13/h6-10,12,20,26H,2-5H2,1H3,(H2,22,24,27)/b11-6+,21-15?/t9-/m0/s1. The van der Waals surface area contributed by atoms with Crippen LogP contribution in [0.4, 0.5) is 5.82 Å². The van der Waals surface area contributed by atoms with E-state index >= 15 is 0 Å². The fourth-order valence-corrected chi connectivity index (χ4v) is 3.22. The number of imidazole rings is 1. The molecule has 0 radical (unpaired) electrons. The van der Waals surface area contributed by atoms with Crippen molar-refractivity contribution in [3.05, 3.63) is 39.1 Å². The molecule has 1 atom stereocenters. The summed E-state index contributed by atoms with van der Waals surface area (Å²) < 4.78 is 1.71. The zero-order valence-corrected chi connectivity index (χ0v) is 14.9. The molecule has 0 spiro atoms. The summed E-state index contributed by atoms with van der Waals surface area (Å²) in [5.74, 6) is 1.26. The third-order valence-corrected chi connectivity index (χ3v) is 5.08. The van der Waals surface area contributed by atoms with Gasteiger partial charge in [0.15, 0.2) is 11.1 Å². The van der Waals surface area contributed by atoms with Crippen molar-refractivity contribution in [2.75, 3.05) is 5.32 Å². The number of aromatic nitrogens is 5. The van der Waals surface area contributed by atoms with Gasteiger partial charge in [-0.2, -0.15) is 9.61 Å². The van der Waals surface area contributed by atoms with Gasteiger partial charge in [-0.3, -0.25) is 9.98 Å². The predicted octanol–water partition coefficient (Wildman–Crippen LogP) is 0.272. The molecule has 27 heavy (non-hydrogen) atoms. The minimum Gasteiger partial charge on any atom is -0.493 e. The summed E-state index contributed by atoms with van der Waals surface area (Å²) in [6, 6.07) is 2.65. The molecule has 2 aliphatic rings. The Hall–Kier alpha value is -3.10. The monoisotopic (exact) mass is 367 g/mol. The van der Waals surface area contributed by atoms with Gasteiger partial charge in [-0.05, 0) is 44.6 Å². The van der Waals surface area contributed by atoms with Gasteiger partial charge in [-0.25, -0.2) is 9.78 Å². The first kappa shape index (κ1) is 16.1. The molecule has 2 aliphatic carbocycles. The number of nitrogens with zero attached hydrogens (tertiary/aromatic N) is 4. The SMILES string of the molecule is C[C@H](Nc1cc(=NC2CC2)n2nc/c(=C\c3[nH]c(=O)[nH]c3O)c2n1)C1CC1. The van der Waals surface area contributed by atoms with Gasteiger partial charge in [0.25, 0.3) is 0 Å². The van der Waals surface area contributed by atoms with Gasteiger partial charge < -0.3 is 15.4 Å². The van der Waals surface area contributed by atoms with E-state index in [1.165, 1.54) is 12.8 Å². The summed E-state index contributed by atoms with van der Waals surface area (Å²) in [5.41, 5.74) is 1.22. The number of H-pyrrole nitrogens is 2. The molecule has 0 unspecified atom stereocenters. The topological polar surface area (TPSA) is 123 Å². The van der Waals surface area contributed by atoms with E-state index in [4.69, 9.17) is 9.98 Å². The largest absolute Gasteiger partial charge is 0.493 e. The molecule has 5 rings (SSSR count).